The van der Waals surface area contributed by atoms with Crippen LogP contribution in [0.3, 0.4) is 0 Å². The summed E-state index contributed by atoms with van der Waals surface area (Å²) in [4.78, 5) is 10.3. The summed E-state index contributed by atoms with van der Waals surface area (Å²) in [5.41, 5.74) is 0.666. The van der Waals surface area contributed by atoms with E-state index in [9.17, 15) is 4.79 Å². The van der Waals surface area contributed by atoms with Gasteiger partial charge >= 0.3 is 5.97 Å². The van der Waals surface area contributed by atoms with Crippen LogP contribution in [0, 0.1) is 11.3 Å². The third kappa shape index (κ3) is 2.51. The first-order valence-electron chi connectivity index (χ1n) is 2.97. The molecule has 1 radical (unpaired) electrons. The normalized spacial score (nSPS) is 7.92. The smallest absolute Gasteiger partial charge is 0.335 e. The number of carboxylic acid groups (broad SMARTS) is 1. The van der Waals surface area contributed by atoms with E-state index in [-0.39, 0.29) is 27.9 Å². The van der Waals surface area contributed by atoms with Crippen molar-refractivity contribution in [3.05, 3.63) is 35.4 Å². The molecule has 1 N–H and O–H groups in total. The molecule has 65 valence electrons. The number of aromatic carboxylic acids is 1. The van der Waals surface area contributed by atoms with E-state index >= 15 is 0 Å². The van der Waals surface area contributed by atoms with Crippen LogP contribution >= 0.6 is 0 Å². The third-order valence-electron chi connectivity index (χ3n) is 1.26. The van der Waals surface area contributed by atoms with Crippen LogP contribution in [0.4, 0.5) is 0 Å². The molecule has 0 bridgehead atoms. The molecule has 0 atom stereocenters. The molecule has 0 fully saturated rings. The summed E-state index contributed by atoms with van der Waals surface area (Å²) in [7, 11) is 0. The van der Waals surface area contributed by atoms with E-state index in [4.69, 9.17) is 10.4 Å². The van der Waals surface area contributed by atoms with Gasteiger partial charge < -0.3 is 5.11 Å². The fraction of sp³-hybridized carbons (Fsp3) is 0. The Kier molecular flexibility index (Phi) is 4.30. The number of benzene rings is 1. The van der Waals surface area contributed by atoms with Gasteiger partial charge in [-0.25, -0.2) is 4.79 Å². The monoisotopic (exact) mass is 254 g/mol. The van der Waals surface area contributed by atoms with E-state index < -0.39 is 5.97 Å². The summed E-state index contributed by atoms with van der Waals surface area (Å²) in [5, 5.41) is 16.8. The van der Waals surface area contributed by atoms with E-state index in [2.05, 4.69) is 0 Å². The SMILES string of the molecule is N#Cc1ccc(C(=O)O)cc1.[Ag]. The molecule has 0 spiro atoms. The third-order valence-corrected chi connectivity index (χ3v) is 1.26. The fourth-order valence-corrected chi connectivity index (χ4v) is 0.687. The van der Waals surface area contributed by atoms with Crippen LogP contribution in [0.1, 0.15) is 15.9 Å². The van der Waals surface area contributed by atoms with Gasteiger partial charge in [-0.15, -0.1) is 0 Å². The number of carboxylic acids is 1. The Labute approximate surface area is 85.1 Å². The van der Waals surface area contributed by atoms with Crippen molar-refractivity contribution >= 4 is 5.97 Å². The fourth-order valence-electron chi connectivity index (χ4n) is 0.687. The molecule has 0 amide bonds. The van der Waals surface area contributed by atoms with Crippen LogP contribution in [0.5, 0.6) is 0 Å². The number of hydrogen-bond donors (Lipinski definition) is 1. The Bertz CT molecular complexity index is 313. The van der Waals surface area contributed by atoms with Crippen LogP contribution in [0.2, 0.25) is 0 Å². The van der Waals surface area contributed by atoms with Crippen LogP contribution in [0.25, 0.3) is 0 Å². The van der Waals surface area contributed by atoms with Crippen LogP contribution in [-0.2, 0) is 22.4 Å². The number of nitriles is 1. The Morgan fingerprint density at radius 3 is 2.17 bits per heavy atom. The topological polar surface area (TPSA) is 61.1 Å². The molecule has 1 aromatic carbocycles. The first kappa shape index (κ1) is 10.9. The summed E-state index contributed by atoms with van der Waals surface area (Å²) >= 11 is 0. The molecular formula is C8H5AgNO2. The van der Waals surface area contributed by atoms with Gasteiger partial charge in [0.15, 0.2) is 0 Å². The molecule has 0 saturated heterocycles. The van der Waals surface area contributed by atoms with Gasteiger partial charge in [-0.2, -0.15) is 5.26 Å². The zero-order chi connectivity index (χ0) is 8.27. The van der Waals surface area contributed by atoms with Crippen LogP contribution < -0.4 is 0 Å². The molecule has 0 aromatic heterocycles. The van der Waals surface area contributed by atoms with E-state index in [0.29, 0.717) is 5.56 Å². The summed E-state index contributed by atoms with van der Waals surface area (Å²) in [6.45, 7) is 0. The maximum absolute atomic E-state index is 10.3. The van der Waals surface area contributed by atoms with Gasteiger partial charge in [0.05, 0.1) is 17.2 Å². The second-order valence-corrected chi connectivity index (χ2v) is 1.99. The van der Waals surface area contributed by atoms with Gasteiger partial charge in [-0.1, -0.05) is 0 Å². The molecule has 3 nitrogen and oxygen atoms in total. The maximum Gasteiger partial charge on any atom is 0.335 e. The molecule has 0 unspecified atom stereocenters. The van der Waals surface area contributed by atoms with Gasteiger partial charge in [-0.3, -0.25) is 0 Å². The number of hydrogen-bond acceptors (Lipinski definition) is 2. The second-order valence-electron chi connectivity index (χ2n) is 1.99. The molecule has 1 rings (SSSR count). The van der Waals surface area contributed by atoms with Crippen LogP contribution in [-0.4, -0.2) is 11.1 Å². The Morgan fingerprint density at radius 1 is 1.33 bits per heavy atom. The minimum absolute atomic E-state index is 0. The average molecular weight is 255 g/mol. The molecule has 0 heterocycles. The Balaban J connectivity index is 0.00000121. The summed E-state index contributed by atoms with van der Waals surface area (Å²) in [6.07, 6.45) is 0. The maximum atomic E-state index is 10.3. The second kappa shape index (κ2) is 4.73. The number of rotatable bonds is 1. The van der Waals surface area contributed by atoms with E-state index in [0.717, 1.165) is 0 Å². The van der Waals surface area contributed by atoms with Crippen molar-refractivity contribution in [1.29, 1.82) is 5.26 Å². The largest absolute Gasteiger partial charge is 0.478 e. The summed E-state index contributed by atoms with van der Waals surface area (Å²) < 4.78 is 0. The van der Waals surface area contributed by atoms with Gasteiger partial charge in [0.2, 0.25) is 0 Å². The van der Waals surface area contributed by atoms with Gasteiger partial charge in [0.1, 0.15) is 0 Å². The van der Waals surface area contributed by atoms with Crippen molar-refractivity contribution in [2.45, 2.75) is 0 Å². The zero-order valence-electron chi connectivity index (χ0n) is 5.91. The Morgan fingerprint density at radius 2 is 1.83 bits per heavy atom. The average Bonchev–Trinajstić information content (AvgIpc) is 2.05. The minimum atomic E-state index is -0.977. The molecule has 1 aromatic rings. The first-order valence-corrected chi connectivity index (χ1v) is 2.97. The van der Waals surface area contributed by atoms with E-state index in [1.165, 1.54) is 24.3 Å². The quantitative estimate of drug-likeness (QED) is 0.768. The van der Waals surface area contributed by atoms with Crippen LogP contribution in [0.15, 0.2) is 24.3 Å². The van der Waals surface area contributed by atoms with Crippen molar-refractivity contribution in [2.24, 2.45) is 0 Å². The van der Waals surface area contributed by atoms with Crippen molar-refractivity contribution in [3.8, 4) is 6.07 Å². The van der Waals surface area contributed by atoms with E-state index in [1.807, 2.05) is 6.07 Å². The van der Waals surface area contributed by atoms with Crippen molar-refractivity contribution in [1.82, 2.24) is 0 Å². The summed E-state index contributed by atoms with van der Waals surface area (Å²) in [6, 6.07) is 7.66. The molecule has 0 saturated carbocycles. The first-order chi connectivity index (χ1) is 5.24. The molecule has 0 aliphatic rings. The minimum Gasteiger partial charge on any atom is -0.478 e. The molecule has 4 heteroatoms. The Hall–Kier alpha value is -1.08. The predicted octanol–water partition coefficient (Wildman–Crippen LogP) is 1.25. The number of carbonyl (C=O) groups is 1. The van der Waals surface area contributed by atoms with Gasteiger partial charge in [0, 0.05) is 22.4 Å². The van der Waals surface area contributed by atoms with E-state index in [1.54, 1.807) is 0 Å². The molecule has 0 aliphatic carbocycles. The molecular weight excluding hydrogens is 250 g/mol. The molecule has 12 heavy (non-hydrogen) atoms. The standard InChI is InChI=1S/C8H5NO2.Ag/c9-5-6-1-3-7(4-2-6)8(10)11;/h1-4H,(H,10,11);. The predicted molar refractivity (Wildman–Crippen MR) is 38.1 cm³/mol. The summed E-state index contributed by atoms with van der Waals surface area (Å²) in [5.74, 6) is -0.977. The van der Waals surface area contributed by atoms with Crippen molar-refractivity contribution in [3.63, 3.8) is 0 Å². The van der Waals surface area contributed by atoms with Gasteiger partial charge in [0.25, 0.3) is 0 Å². The number of nitrogens with zero attached hydrogens (tertiary/aromatic N) is 1. The van der Waals surface area contributed by atoms with Crippen molar-refractivity contribution in [2.75, 3.05) is 0 Å². The molecule has 0 aliphatic heterocycles. The van der Waals surface area contributed by atoms with Crippen molar-refractivity contribution < 1.29 is 32.3 Å². The van der Waals surface area contributed by atoms with Gasteiger partial charge in [-0.05, 0) is 24.3 Å². The zero-order valence-corrected chi connectivity index (χ0v) is 7.40.